The van der Waals surface area contributed by atoms with Crippen LogP contribution in [-0.4, -0.2) is 23.6 Å². The van der Waals surface area contributed by atoms with E-state index in [9.17, 15) is 0 Å². The fourth-order valence-corrected chi connectivity index (χ4v) is 1.15. The lowest BCUT2D eigenvalue weighted by atomic mass is 10.2. The maximum absolute atomic E-state index is 5.52. The summed E-state index contributed by atoms with van der Waals surface area (Å²) in [6, 6.07) is 1.80. The summed E-state index contributed by atoms with van der Waals surface area (Å²) in [5.41, 5.74) is 0. The van der Waals surface area contributed by atoms with Gasteiger partial charge in [-0.05, 0) is 6.42 Å². The molecule has 1 heterocycles. The molecule has 0 saturated heterocycles. The minimum atomic E-state index is 0.287. The Kier molecular flexibility index (Phi) is 4.76. The van der Waals surface area contributed by atoms with Crippen molar-refractivity contribution in [2.45, 2.75) is 26.2 Å². The largest absolute Gasteiger partial charge is 0.477 e. The van der Waals surface area contributed by atoms with Crippen LogP contribution in [0.15, 0.2) is 18.7 Å². The van der Waals surface area contributed by atoms with Crippen LogP contribution < -0.4 is 10.1 Å². The lowest BCUT2D eigenvalue weighted by molar-refractivity contribution is 0.310. The first-order valence-electron chi connectivity index (χ1n) is 5.47. The van der Waals surface area contributed by atoms with Gasteiger partial charge in [-0.1, -0.05) is 19.9 Å². The number of rotatable bonds is 6. The molecule has 1 rings (SSSR count). The Labute approximate surface area is 96.8 Å². The third-order valence-electron chi connectivity index (χ3n) is 2.06. The number of aromatic nitrogens is 2. The van der Waals surface area contributed by atoms with Crippen LogP contribution in [0.3, 0.4) is 0 Å². The molecule has 0 aromatic carbocycles. The Morgan fingerprint density at radius 1 is 1.50 bits per heavy atom. The summed E-state index contributed by atoms with van der Waals surface area (Å²) in [7, 11) is 1.83. The van der Waals surface area contributed by atoms with Crippen molar-refractivity contribution in [3.05, 3.63) is 24.5 Å². The highest BCUT2D eigenvalue weighted by atomic mass is 16.5. The van der Waals surface area contributed by atoms with E-state index in [1.807, 2.05) is 13.1 Å². The number of nitrogens with one attached hydrogen (secondary N) is 1. The third kappa shape index (κ3) is 3.53. The number of hydrogen-bond donors (Lipinski definition) is 1. The van der Waals surface area contributed by atoms with Crippen LogP contribution in [-0.2, 0) is 0 Å². The van der Waals surface area contributed by atoms with E-state index in [-0.39, 0.29) is 5.92 Å². The van der Waals surface area contributed by atoms with E-state index in [2.05, 4.69) is 35.7 Å². The Bertz CT molecular complexity index is 350. The molecule has 0 fully saturated rings. The van der Waals surface area contributed by atoms with Gasteiger partial charge in [0.25, 0.3) is 0 Å². The Morgan fingerprint density at radius 3 is 2.81 bits per heavy atom. The third-order valence-corrected chi connectivity index (χ3v) is 2.06. The van der Waals surface area contributed by atoms with Crippen molar-refractivity contribution in [3.63, 3.8) is 0 Å². The Morgan fingerprint density at radius 2 is 2.25 bits per heavy atom. The van der Waals surface area contributed by atoms with Crippen LogP contribution in [0.1, 0.15) is 32.0 Å². The Hall–Kier alpha value is -1.58. The average Bonchev–Trinajstić information content (AvgIpc) is 2.29. The molecular formula is C12H19N3O. The maximum Gasteiger partial charge on any atom is 0.218 e. The zero-order chi connectivity index (χ0) is 12.0. The monoisotopic (exact) mass is 221 g/mol. The zero-order valence-electron chi connectivity index (χ0n) is 10.2. The molecule has 0 radical (unpaired) electrons. The van der Waals surface area contributed by atoms with Gasteiger partial charge >= 0.3 is 0 Å². The summed E-state index contributed by atoms with van der Waals surface area (Å²) in [5.74, 6) is 2.48. The van der Waals surface area contributed by atoms with Crippen molar-refractivity contribution in [2.24, 2.45) is 0 Å². The molecule has 0 unspecified atom stereocenters. The highest BCUT2D eigenvalue weighted by molar-refractivity contribution is 5.38. The predicted molar refractivity (Wildman–Crippen MR) is 66.0 cm³/mol. The molecule has 0 aliphatic heterocycles. The summed E-state index contributed by atoms with van der Waals surface area (Å²) in [5, 5.41) is 3.00. The quantitative estimate of drug-likeness (QED) is 0.592. The average molecular weight is 221 g/mol. The number of nitrogens with zero attached hydrogens (tertiary/aromatic N) is 2. The highest BCUT2D eigenvalue weighted by Crippen LogP contribution is 2.18. The molecule has 0 aliphatic carbocycles. The van der Waals surface area contributed by atoms with Crippen LogP contribution in [0.5, 0.6) is 5.88 Å². The number of hydrogen-bond acceptors (Lipinski definition) is 4. The second-order valence-corrected chi connectivity index (χ2v) is 3.78. The van der Waals surface area contributed by atoms with Gasteiger partial charge < -0.3 is 10.1 Å². The van der Waals surface area contributed by atoms with Gasteiger partial charge in [-0.25, -0.2) is 4.98 Å². The van der Waals surface area contributed by atoms with E-state index < -0.39 is 0 Å². The standard InChI is InChI=1S/C12H19N3O/c1-5-6-7-16-11-8-10(13-4)14-12(15-11)9(2)3/h5,8-9H,1,6-7H2,2-4H3,(H,13,14,15). The van der Waals surface area contributed by atoms with Crippen LogP contribution in [0.2, 0.25) is 0 Å². The summed E-state index contributed by atoms with van der Waals surface area (Å²) in [6.07, 6.45) is 2.64. The minimum Gasteiger partial charge on any atom is -0.477 e. The molecule has 0 atom stereocenters. The van der Waals surface area contributed by atoms with Gasteiger partial charge in [-0.3, -0.25) is 0 Å². The molecule has 0 bridgehead atoms. The van der Waals surface area contributed by atoms with Gasteiger partial charge in [0, 0.05) is 19.0 Å². The fourth-order valence-electron chi connectivity index (χ4n) is 1.15. The smallest absolute Gasteiger partial charge is 0.218 e. The van der Waals surface area contributed by atoms with Gasteiger partial charge in [0.1, 0.15) is 11.6 Å². The molecule has 16 heavy (non-hydrogen) atoms. The van der Waals surface area contributed by atoms with Crippen LogP contribution in [0.4, 0.5) is 5.82 Å². The topological polar surface area (TPSA) is 47.0 Å². The van der Waals surface area contributed by atoms with Crippen LogP contribution >= 0.6 is 0 Å². The molecule has 4 heteroatoms. The van der Waals surface area contributed by atoms with E-state index in [0.717, 1.165) is 18.1 Å². The second-order valence-electron chi connectivity index (χ2n) is 3.78. The first-order valence-corrected chi connectivity index (χ1v) is 5.47. The Balaban J connectivity index is 2.82. The van der Waals surface area contributed by atoms with Gasteiger partial charge in [0.15, 0.2) is 0 Å². The molecule has 88 valence electrons. The molecule has 0 aliphatic rings. The van der Waals surface area contributed by atoms with Crippen molar-refractivity contribution in [1.82, 2.24) is 9.97 Å². The van der Waals surface area contributed by atoms with Crippen LogP contribution in [0.25, 0.3) is 0 Å². The molecule has 0 saturated carbocycles. The number of anilines is 1. The molecule has 1 aromatic rings. The van der Waals surface area contributed by atoms with E-state index in [1.54, 1.807) is 6.07 Å². The van der Waals surface area contributed by atoms with Gasteiger partial charge in [0.2, 0.25) is 5.88 Å². The lowest BCUT2D eigenvalue weighted by Gasteiger charge is -2.10. The normalized spacial score (nSPS) is 10.2. The first-order chi connectivity index (χ1) is 7.67. The molecule has 1 aromatic heterocycles. The molecule has 4 nitrogen and oxygen atoms in total. The summed E-state index contributed by atoms with van der Waals surface area (Å²) < 4.78 is 5.52. The van der Waals surface area contributed by atoms with E-state index in [1.165, 1.54) is 0 Å². The molecule has 0 amide bonds. The summed E-state index contributed by atoms with van der Waals surface area (Å²) in [6.45, 7) is 8.36. The minimum absolute atomic E-state index is 0.287. The van der Waals surface area contributed by atoms with Gasteiger partial charge in [-0.15, -0.1) is 6.58 Å². The van der Waals surface area contributed by atoms with Crippen molar-refractivity contribution in [2.75, 3.05) is 19.0 Å². The zero-order valence-corrected chi connectivity index (χ0v) is 10.2. The second kappa shape index (κ2) is 6.10. The van der Waals surface area contributed by atoms with Crippen molar-refractivity contribution in [1.29, 1.82) is 0 Å². The van der Waals surface area contributed by atoms with E-state index in [4.69, 9.17) is 4.74 Å². The molecule has 1 N–H and O–H groups in total. The van der Waals surface area contributed by atoms with E-state index >= 15 is 0 Å². The lowest BCUT2D eigenvalue weighted by Crippen LogP contribution is -2.05. The highest BCUT2D eigenvalue weighted by Gasteiger charge is 2.07. The fraction of sp³-hybridized carbons (Fsp3) is 0.500. The van der Waals surface area contributed by atoms with Gasteiger partial charge in [0.05, 0.1) is 6.61 Å². The summed E-state index contributed by atoms with van der Waals surface area (Å²) in [4.78, 5) is 8.70. The number of ether oxygens (including phenoxy) is 1. The first kappa shape index (κ1) is 12.5. The molecule has 0 spiro atoms. The summed E-state index contributed by atoms with van der Waals surface area (Å²) >= 11 is 0. The maximum atomic E-state index is 5.52. The van der Waals surface area contributed by atoms with Crippen molar-refractivity contribution < 1.29 is 4.74 Å². The van der Waals surface area contributed by atoms with Crippen molar-refractivity contribution >= 4 is 5.82 Å². The van der Waals surface area contributed by atoms with Crippen molar-refractivity contribution in [3.8, 4) is 5.88 Å². The van der Waals surface area contributed by atoms with Gasteiger partial charge in [-0.2, -0.15) is 4.98 Å². The predicted octanol–water partition coefficient (Wildman–Crippen LogP) is 2.60. The SMILES string of the molecule is C=CCCOc1cc(NC)nc(C(C)C)n1. The van der Waals surface area contributed by atoms with Crippen LogP contribution in [0, 0.1) is 0 Å². The molecular weight excluding hydrogens is 202 g/mol. The van der Waals surface area contributed by atoms with E-state index in [0.29, 0.717) is 12.5 Å².